The molecule has 2 rings (SSSR count). The van der Waals surface area contributed by atoms with Gasteiger partial charge < -0.3 is 20.1 Å². The molecule has 5 nitrogen and oxygen atoms in total. The second-order valence-corrected chi connectivity index (χ2v) is 5.49. The average Bonchev–Trinajstić information content (AvgIpc) is 2.96. The zero-order valence-electron chi connectivity index (χ0n) is 11.2. The molecule has 1 fully saturated rings. The van der Waals surface area contributed by atoms with E-state index in [0.29, 0.717) is 19.7 Å². The Morgan fingerprint density at radius 2 is 2.15 bits per heavy atom. The van der Waals surface area contributed by atoms with Crippen molar-refractivity contribution < 1.29 is 14.3 Å². The van der Waals surface area contributed by atoms with Crippen LogP contribution in [0.15, 0.2) is 28.7 Å². The van der Waals surface area contributed by atoms with Gasteiger partial charge in [0.2, 0.25) is 0 Å². The molecule has 1 aliphatic heterocycles. The highest BCUT2D eigenvalue weighted by molar-refractivity contribution is 9.10. The van der Waals surface area contributed by atoms with Gasteiger partial charge in [0.1, 0.15) is 12.4 Å². The van der Waals surface area contributed by atoms with Gasteiger partial charge in [0, 0.05) is 17.6 Å². The van der Waals surface area contributed by atoms with E-state index in [4.69, 9.17) is 9.47 Å². The van der Waals surface area contributed by atoms with Gasteiger partial charge in [-0.1, -0.05) is 15.9 Å². The van der Waals surface area contributed by atoms with Crippen molar-refractivity contribution in [2.24, 2.45) is 0 Å². The van der Waals surface area contributed by atoms with E-state index >= 15 is 0 Å². The van der Waals surface area contributed by atoms with E-state index in [2.05, 4.69) is 26.6 Å². The van der Waals surface area contributed by atoms with Crippen LogP contribution >= 0.6 is 15.9 Å². The molecule has 1 aromatic carbocycles. The van der Waals surface area contributed by atoms with E-state index in [9.17, 15) is 4.79 Å². The Labute approximate surface area is 127 Å². The third kappa shape index (κ3) is 5.38. The molecule has 2 N–H and O–H groups in total. The summed E-state index contributed by atoms with van der Waals surface area (Å²) in [5.74, 6) is 0.787. The van der Waals surface area contributed by atoms with E-state index in [1.165, 1.54) is 0 Å². The molecular weight excluding hydrogens is 324 g/mol. The summed E-state index contributed by atoms with van der Waals surface area (Å²) in [5, 5.41) is 5.54. The minimum atomic E-state index is -0.181. The number of nitrogens with one attached hydrogen (secondary N) is 2. The number of carbonyl (C=O) groups is 1. The Morgan fingerprint density at radius 3 is 2.85 bits per heavy atom. The van der Waals surface area contributed by atoms with Crippen LogP contribution in [0.3, 0.4) is 0 Å². The molecule has 2 amide bonds. The second-order valence-electron chi connectivity index (χ2n) is 4.57. The van der Waals surface area contributed by atoms with Crippen molar-refractivity contribution in [1.29, 1.82) is 0 Å². The van der Waals surface area contributed by atoms with Gasteiger partial charge in [-0.3, -0.25) is 0 Å². The molecule has 0 saturated carbocycles. The summed E-state index contributed by atoms with van der Waals surface area (Å²) < 4.78 is 11.9. The SMILES string of the molecule is O=C(NCCOc1ccc(Br)cc1)NCC1CCCO1. The Balaban J connectivity index is 1.53. The Hall–Kier alpha value is -1.27. The standard InChI is InChI=1S/C14H19BrN2O3/c15-11-3-5-12(6-4-11)20-9-7-16-14(18)17-10-13-2-1-8-19-13/h3-6,13H,1-2,7-10H2,(H2,16,17,18). The van der Waals surface area contributed by atoms with Crippen LogP contribution < -0.4 is 15.4 Å². The van der Waals surface area contributed by atoms with E-state index in [-0.39, 0.29) is 12.1 Å². The lowest BCUT2D eigenvalue weighted by molar-refractivity contribution is 0.111. The van der Waals surface area contributed by atoms with Gasteiger partial charge in [-0.15, -0.1) is 0 Å². The van der Waals surface area contributed by atoms with Crippen molar-refractivity contribution in [2.45, 2.75) is 18.9 Å². The topological polar surface area (TPSA) is 59.6 Å². The van der Waals surface area contributed by atoms with Gasteiger partial charge in [-0.25, -0.2) is 4.79 Å². The highest BCUT2D eigenvalue weighted by atomic mass is 79.9. The highest BCUT2D eigenvalue weighted by Crippen LogP contribution is 2.15. The maximum absolute atomic E-state index is 11.5. The maximum Gasteiger partial charge on any atom is 0.315 e. The van der Waals surface area contributed by atoms with Gasteiger partial charge in [-0.2, -0.15) is 0 Å². The fourth-order valence-corrected chi connectivity index (χ4v) is 2.20. The molecule has 20 heavy (non-hydrogen) atoms. The minimum Gasteiger partial charge on any atom is -0.492 e. The van der Waals surface area contributed by atoms with Gasteiger partial charge >= 0.3 is 6.03 Å². The molecule has 0 spiro atoms. The van der Waals surface area contributed by atoms with Crippen LogP contribution in [0.25, 0.3) is 0 Å². The summed E-state index contributed by atoms with van der Waals surface area (Å²) >= 11 is 3.36. The second kappa shape index (κ2) is 8.11. The third-order valence-electron chi connectivity index (χ3n) is 2.98. The summed E-state index contributed by atoms with van der Waals surface area (Å²) in [7, 11) is 0. The molecule has 0 bridgehead atoms. The van der Waals surface area contributed by atoms with Crippen molar-refractivity contribution >= 4 is 22.0 Å². The van der Waals surface area contributed by atoms with Crippen LogP contribution in [0, 0.1) is 0 Å². The van der Waals surface area contributed by atoms with Crippen LogP contribution in [0.5, 0.6) is 5.75 Å². The van der Waals surface area contributed by atoms with Gasteiger partial charge in [0.25, 0.3) is 0 Å². The number of halogens is 1. The maximum atomic E-state index is 11.5. The molecule has 0 aliphatic carbocycles. The predicted octanol–water partition coefficient (Wildman–Crippen LogP) is 2.31. The van der Waals surface area contributed by atoms with Crippen LogP contribution in [0.1, 0.15) is 12.8 Å². The lowest BCUT2D eigenvalue weighted by Crippen LogP contribution is -2.41. The van der Waals surface area contributed by atoms with E-state index in [1.54, 1.807) is 0 Å². The van der Waals surface area contributed by atoms with Crippen molar-refractivity contribution in [2.75, 3.05) is 26.3 Å². The largest absolute Gasteiger partial charge is 0.492 e. The van der Waals surface area contributed by atoms with Crippen LogP contribution in [-0.4, -0.2) is 38.4 Å². The lowest BCUT2D eigenvalue weighted by atomic mass is 10.2. The molecule has 0 aromatic heterocycles. The molecule has 1 atom stereocenters. The fraction of sp³-hybridized carbons (Fsp3) is 0.500. The summed E-state index contributed by atoms with van der Waals surface area (Å²) in [4.78, 5) is 11.5. The Bertz CT molecular complexity index is 419. The van der Waals surface area contributed by atoms with E-state index in [0.717, 1.165) is 29.7 Å². The molecule has 1 aliphatic rings. The third-order valence-corrected chi connectivity index (χ3v) is 3.51. The minimum absolute atomic E-state index is 0.166. The fourth-order valence-electron chi connectivity index (χ4n) is 1.94. The van der Waals surface area contributed by atoms with Gasteiger partial charge in [0.15, 0.2) is 0 Å². The van der Waals surface area contributed by atoms with Crippen LogP contribution in [-0.2, 0) is 4.74 Å². The summed E-state index contributed by atoms with van der Waals surface area (Å²) in [6.45, 7) is 2.27. The van der Waals surface area contributed by atoms with Crippen molar-refractivity contribution in [1.82, 2.24) is 10.6 Å². The van der Waals surface area contributed by atoms with E-state index in [1.807, 2.05) is 24.3 Å². The first-order chi connectivity index (χ1) is 9.74. The first-order valence-electron chi connectivity index (χ1n) is 6.76. The summed E-state index contributed by atoms with van der Waals surface area (Å²) in [6, 6.07) is 7.40. The van der Waals surface area contributed by atoms with Gasteiger partial charge in [-0.05, 0) is 37.1 Å². The molecule has 1 unspecified atom stereocenters. The molecule has 1 aromatic rings. The lowest BCUT2D eigenvalue weighted by Gasteiger charge is -2.12. The Kier molecular flexibility index (Phi) is 6.14. The number of amides is 2. The molecule has 110 valence electrons. The zero-order chi connectivity index (χ0) is 14.2. The number of rotatable bonds is 6. The molecular formula is C14H19BrN2O3. The molecule has 0 radical (unpaired) electrons. The van der Waals surface area contributed by atoms with Gasteiger partial charge in [0.05, 0.1) is 12.6 Å². The zero-order valence-corrected chi connectivity index (χ0v) is 12.8. The number of benzene rings is 1. The summed E-state index contributed by atoms with van der Waals surface area (Å²) in [5.41, 5.74) is 0. The smallest absolute Gasteiger partial charge is 0.315 e. The van der Waals surface area contributed by atoms with Crippen molar-refractivity contribution in [3.63, 3.8) is 0 Å². The number of hydrogen-bond acceptors (Lipinski definition) is 3. The van der Waals surface area contributed by atoms with Crippen molar-refractivity contribution in [3.05, 3.63) is 28.7 Å². The molecule has 1 saturated heterocycles. The van der Waals surface area contributed by atoms with Crippen LogP contribution in [0.4, 0.5) is 4.79 Å². The highest BCUT2D eigenvalue weighted by Gasteiger charge is 2.15. The Morgan fingerprint density at radius 1 is 1.35 bits per heavy atom. The van der Waals surface area contributed by atoms with Crippen molar-refractivity contribution in [3.8, 4) is 5.75 Å². The van der Waals surface area contributed by atoms with Crippen LogP contribution in [0.2, 0.25) is 0 Å². The quantitative estimate of drug-likeness (QED) is 0.780. The predicted molar refractivity (Wildman–Crippen MR) is 80.0 cm³/mol. The van der Waals surface area contributed by atoms with E-state index < -0.39 is 0 Å². The molecule has 6 heteroatoms. The summed E-state index contributed by atoms with van der Waals surface area (Å²) in [6.07, 6.45) is 2.27. The average molecular weight is 343 g/mol. The number of hydrogen-bond donors (Lipinski definition) is 2. The monoisotopic (exact) mass is 342 g/mol. The first kappa shape index (κ1) is 15.1. The number of ether oxygens (including phenoxy) is 2. The normalized spacial score (nSPS) is 17.8. The number of carbonyl (C=O) groups excluding carboxylic acids is 1. The molecule has 1 heterocycles. The number of urea groups is 1. The first-order valence-corrected chi connectivity index (χ1v) is 7.55.